The van der Waals surface area contributed by atoms with E-state index in [1.54, 1.807) is 0 Å². The van der Waals surface area contributed by atoms with Gasteiger partial charge < -0.3 is 5.11 Å². The maximum atomic E-state index is 11.1. The molecule has 0 heterocycles. The van der Waals surface area contributed by atoms with Crippen LogP contribution < -0.4 is 0 Å². The molecule has 3 saturated carbocycles. The average molecular weight is 222 g/mol. The zero-order valence-corrected chi connectivity index (χ0v) is 11.2. The minimum absolute atomic E-state index is 0.327. The molecule has 0 aliphatic heterocycles. The summed E-state index contributed by atoms with van der Waals surface area (Å²) in [6, 6.07) is 0. The van der Waals surface area contributed by atoms with Crippen LogP contribution in [0.5, 0.6) is 0 Å². The predicted molar refractivity (Wildman–Crippen MR) is 66.0 cm³/mol. The molecule has 0 saturated heterocycles. The van der Waals surface area contributed by atoms with E-state index in [-0.39, 0.29) is 5.60 Å². The molecule has 0 aromatic heterocycles. The Morgan fingerprint density at radius 3 is 2.38 bits per heavy atom. The molecule has 1 nitrogen and oxygen atoms in total. The van der Waals surface area contributed by atoms with E-state index in [0.29, 0.717) is 17.3 Å². The second-order valence-electron chi connectivity index (χ2n) is 7.47. The van der Waals surface area contributed by atoms with Crippen molar-refractivity contribution in [1.82, 2.24) is 0 Å². The lowest BCUT2D eigenvalue weighted by atomic mass is 9.73. The first-order chi connectivity index (χ1) is 7.39. The first kappa shape index (κ1) is 11.1. The van der Waals surface area contributed by atoms with Gasteiger partial charge in [0.25, 0.3) is 0 Å². The SMILES string of the molecule is C[C@@H]1CC[C@H]2[C@@H]([C@H]3[C@@H](C)CC[C@]31O)C2(C)C. The van der Waals surface area contributed by atoms with Crippen LogP contribution >= 0.6 is 0 Å². The van der Waals surface area contributed by atoms with Gasteiger partial charge in [0, 0.05) is 0 Å². The fraction of sp³-hybridized carbons (Fsp3) is 1.00. The highest BCUT2D eigenvalue weighted by Crippen LogP contribution is 2.71. The summed E-state index contributed by atoms with van der Waals surface area (Å²) in [6.07, 6.45) is 4.89. The Morgan fingerprint density at radius 2 is 1.69 bits per heavy atom. The number of hydrogen-bond donors (Lipinski definition) is 1. The summed E-state index contributed by atoms with van der Waals surface area (Å²) in [6.45, 7) is 9.49. The van der Waals surface area contributed by atoms with Gasteiger partial charge in [-0.15, -0.1) is 0 Å². The Bertz CT molecular complexity index is 309. The fourth-order valence-corrected chi connectivity index (χ4v) is 5.27. The molecule has 3 aliphatic carbocycles. The molecular weight excluding hydrogens is 196 g/mol. The normalized spacial score (nSPS) is 58.7. The van der Waals surface area contributed by atoms with Crippen LogP contribution in [0.1, 0.15) is 53.4 Å². The molecule has 92 valence electrons. The van der Waals surface area contributed by atoms with Crippen molar-refractivity contribution in [3.63, 3.8) is 0 Å². The summed E-state index contributed by atoms with van der Waals surface area (Å²) >= 11 is 0. The highest BCUT2D eigenvalue weighted by atomic mass is 16.3. The number of rotatable bonds is 0. The highest BCUT2D eigenvalue weighted by Gasteiger charge is 2.68. The van der Waals surface area contributed by atoms with E-state index in [9.17, 15) is 5.11 Å². The van der Waals surface area contributed by atoms with E-state index < -0.39 is 0 Å². The van der Waals surface area contributed by atoms with Gasteiger partial charge in [0.15, 0.2) is 0 Å². The van der Waals surface area contributed by atoms with E-state index in [1.807, 2.05) is 0 Å². The third kappa shape index (κ3) is 1.16. The van der Waals surface area contributed by atoms with Crippen molar-refractivity contribution in [2.24, 2.45) is 35.0 Å². The maximum absolute atomic E-state index is 11.1. The van der Waals surface area contributed by atoms with Crippen LogP contribution in [0.15, 0.2) is 0 Å². The first-order valence-electron chi connectivity index (χ1n) is 7.11. The molecule has 0 radical (unpaired) electrons. The van der Waals surface area contributed by atoms with Crippen molar-refractivity contribution >= 4 is 0 Å². The lowest BCUT2D eigenvalue weighted by Gasteiger charge is -2.37. The van der Waals surface area contributed by atoms with Crippen LogP contribution in [0.2, 0.25) is 0 Å². The molecule has 3 fully saturated rings. The molecule has 0 spiro atoms. The summed E-state index contributed by atoms with van der Waals surface area (Å²) in [4.78, 5) is 0. The lowest BCUT2D eigenvalue weighted by Crippen LogP contribution is -2.42. The molecule has 0 amide bonds. The first-order valence-corrected chi connectivity index (χ1v) is 7.11. The highest BCUT2D eigenvalue weighted by molar-refractivity contribution is 5.17. The number of fused-ring (bicyclic) bond motifs is 3. The van der Waals surface area contributed by atoms with Crippen molar-refractivity contribution in [3.8, 4) is 0 Å². The smallest absolute Gasteiger partial charge is 0.0706 e. The summed E-state index contributed by atoms with van der Waals surface area (Å²) in [5, 5.41) is 11.1. The maximum Gasteiger partial charge on any atom is 0.0706 e. The molecule has 1 N–H and O–H groups in total. The Labute approximate surface area is 99.6 Å². The third-order valence-corrected chi connectivity index (χ3v) is 6.48. The zero-order valence-electron chi connectivity index (χ0n) is 11.2. The Kier molecular flexibility index (Phi) is 2.11. The lowest BCUT2D eigenvalue weighted by molar-refractivity contribution is -0.0624. The van der Waals surface area contributed by atoms with Gasteiger partial charge in [0.2, 0.25) is 0 Å². The fourth-order valence-electron chi connectivity index (χ4n) is 5.27. The second kappa shape index (κ2) is 3.04. The number of hydrogen-bond acceptors (Lipinski definition) is 1. The molecule has 0 bridgehead atoms. The van der Waals surface area contributed by atoms with E-state index in [0.717, 1.165) is 24.2 Å². The van der Waals surface area contributed by atoms with Crippen molar-refractivity contribution in [1.29, 1.82) is 0 Å². The minimum Gasteiger partial charge on any atom is -0.389 e. The van der Waals surface area contributed by atoms with Crippen LogP contribution in [-0.2, 0) is 0 Å². The summed E-state index contributed by atoms with van der Waals surface area (Å²) in [5.41, 5.74) is 0.185. The van der Waals surface area contributed by atoms with Crippen LogP contribution in [0, 0.1) is 35.0 Å². The summed E-state index contributed by atoms with van der Waals surface area (Å²) in [5.74, 6) is 3.55. The molecule has 0 aromatic carbocycles. The van der Waals surface area contributed by atoms with Gasteiger partial charge in [-0.3, -0.25) is 0 Å². The monoisotopic (exact) mass is 222 g/mol. The van der Waals surface area contributed by atoms with Gasteiger partial charge in [0.1, 0.15) is 0 Å². The standard InChI is InChI=1S/C15H26O/c1-9-7-8-15(16)10(2)5-6-11-13(12(9)15)14(11,3)4/h9-13,16H,5-8H2,1-4H3/t9-,10+,11-,12+,13-,15+/m0/s1. The van der Waals surface area contributed by atoms with Crippen LogP contribution in [0.25, 0.3) is 0 Å². The topological polar surface area (TPSA) is 20.2 Å². The Morgan fingerprint density at radius 1 is 1.00 bits per heavy atom. The molecule has 1 heteroatoms. The van der Waals surface area contributed by atoms with Gasteiger partial charge in [0.05, 0.1) is 5.60 Å². The van der Waals surface area contributed by atoms with E-state index in [1.165, 1.54) is 19.3 Å². The molecule has 16 heavy (non-hydrogen) atoms. The van der Waals surface area contributed by atoms with Gasteiger partial charge in [-0.05, 0) is 60.7 Å². The minimum atomic E-state index is -0.327. The average Bonchev–Trinajstić information content (AvgIpc) is 2.64. The van der Waals surface area contributed by atoms with Crippen LogP contribution in [-0.4, -0.2) is 10.7 Å². The van der Waals surface area contributed by atoms with Crippen molar-refractivity contribution in [2.45, 2.75) is 59.0 Å². The summed E-state index contributed by atoms with van der Waals surface area (Å²) in [7, 11) is 0. The van der Waals surface area contributed by atoms with Gasteiger partial charge in [-0.1, -0.05) is 27.7 Å². The second-order valence-corrected chi connectivity index (χ2v) is 7.47. The van der Waals surface area contributed by atoms with E-state index in [2.05, 4.69) is 27.7 Å². The molecule has 3 rings (SSSR count). The number of aliphatic hydroxyl groups is 1. The largest absolute Gasteiger partial charge is 0.389 e. The van der Waals surface area contributed by atoms with Gasteiger partial charge >= 0.3 is 0 Å². The third-order valence-electron chi connectivity index (χ3n) is 6.48. The van der Waals surface area contributed by atoms with Crippen LogP contribution in [0.4, 0.5) is 0 Å². The van der Waals surface area contributed by atoms with E-state index >= 15 is 0 Å². The summed E-state index contributed by atoms with van der Waals surface area (Å²) < 4.78 is 0. The van der Waals surface area contributed by atoms with Gasteiger partial charge in [-0.25, -0.2) is 0 Å². The zero-order chi connectivity index (χ0) is 11.7. The predicted octanol–water partition coefficient (Wildman–Crippen LogP) is 3.47. The molecule has 0 unspecified atom stereocenters. The van der Waals surface area contributed by atoms with Gasteiger partial charge in [-0.2, -0.15) is 0 Å². The van der Waals surface area contributed by atoms with Crippen LogP contribution in [0.3, 0.4) is 0 Å². The molecule has 6 atom stereocenters. The van der Waals surface area contributed by atoms with E-state index in [4.69, 9.17) is 0 Å². The quantitative estimate of drug-likeness (QED) is 0.665. The Balaban J connectivity index is 1.98. The van der Waals surface area contributed by atoms with Crippen molar-refractivity contribution < 1.29 is 5.11 Å². The molecular formula is C15H26O. The molecule has 3 aliphatic rings. The van der Waals surface area contributed by atoms with Crippen molar-refractivity contribution in [2.75, 3.05) is 0 Å². The molecule has 0 aromatic rings. The van der Waals surface area contributed by atoms with Crippen molar-refractivity contribution in [3.05, 3.63) is 0 Å². The Hall–Kier alpha value is -0.0400.